The lowest BCUT2D eigenvalue weighted by molar-refractivity contribution is -0.139. The topological polar surface area (TPSA) is 119 Å². The lowest BCUT2D eigenvalue weighted by Gasteiger charge is -2.18. The van der Waals surface area contributed by atoms with E-state index in [9.17, 15) is 20.1 Å². The summed E-state index contributed by atoms with van der Waals surface area (Å²) in [6.07, 6.45) is -0.793. The van der Waals surface area contributed by atoms with E-state index in [1.165, 1.54) is 0 Å². The zero-order chi connectivity index (χ0) is 21.7. The Balaban J connectivity index is 2.20. The van der Waals surface area contributed by atoms with Gasteiger partial charge in [0.25, 0.3) is 0 Å². The molecule has 0 aliphatic heterocycles. The molecule has 2 aromatic carbocycles. The lowest BCUT2D eigenvalue weighted by Crippen LogP contribution is -2.43. The van der Waals surface area contributed by atoms with Crippen molar-refractivity contribution in [2.75, 3.05) is 13.2 Å². The maximum atomic E-state index is 11.5. The van der Waals surface area contributed by atoms with Crippen molar-refractivity contribution >= 4 is 96.3 Å². The van der Waals surface area contributed by atoms with E-state index < -0.39 is 24.7 Å². The number of carboxylic acid groups (broad SMARTS) is 1. The van der Waals surface area contributed by atoms with Crippen LogP contribution in [0.15, 0.2) is 24.3 Å². The average molecular weight is 851 g/mol. The Morgan fingerprint density at radius 3 is 2.07 bits per heavy atom. The van der Waals surface area contributed by atoms with Crippen LogP contribution in [0.25, 0.3) is 0 Å². The van der Waals surface area contributed by atoms with Crippen LogP contribution in [0.1, 0.15) is 5.56 Å². The number of ether oxygens (including phenoxy) is 1. The summed E-state index contributed by atoms with van der Waals surface area (Å²) >= 11 is 8.36. The summed E-state index contributed by atoms with van der Waals surface area (Å²) in [5, 5.41) is 40.4. The first kappa shape index (κ1) is 25.6. The predicted octanol–water partition coefficient (Wildman–Crippen LogP) is 3.54. The van der Waals surface area contributed by atoms with Crippen LogP contribution >= 0.6 is 90.4 Å². The van der Waals surface area contributed by atoms with Gasteiger partial charge in [0.05, 0.1) is 27.0 Å². The third kappa shape index (κ3) is 7.44. The van der Waals surface area contributed by atoms with E-state index in [4.69, 9.17) is 9.84 Å². The van der Waals surface area contributed by atoms with E-state index in [2.05, 4.69) is 50.5 Å². The van der Waals surface area contributed by atoms with Gasteiger partial charge in [0.2, 0.25) is 0 Å². The fourth-order valence-electron chi connectivity index (χ4n) is 2.37. The highest BCUT2D eigenvalue weighted by atomic mass is 127. The first-order valence-corrected chi connectivity index (χ1v) is 12.5. The van der Waals surface area contributed by atoms with E-state index in [1.807, 2.05) is 57.3 Å². The average Bonchev–Trinajstić information content (AvgIpc) is 2.65. The van der Waals surface area contributed by atoms with Crippen molar-refractivity contribution in [1.82, 2.24) is 5.32 Å². The van der Waals surface area contributed by atoms with Crippen LogP contribution in [0.5, 0.6) is 17.2 Å². The molecule has 2 atom stereocenters. The van der Waals surface area contributed by atoms with Crippen LogP contribution in [0.3, 0.4) is 0 Å². The number of aromatic hydroxyl groups is 1. The van der Waals surface area contributed by atoms with Gasteiger partial charge in [-0.2, -0.15) is 0 Å². The molecule has 0 aliphatic carbocycles. The number of nitrogens with one attached hydrogen (secondary N) is 1. The van der Waals surface area contributed by atoms with Gasteiger partial charge in [-0.1, -0.05) is 0 Å². The molecule has 0 saturated heterocycles. The number of benzene rings is 2. The molecule has 2 unspecified atom stereocenters. The second-order valence-corrected chi connectivity index (χ2v) is 10.7. The van der Waals surface area contributed by atoms with E-state index in [1.54, 1.807) is 12.1 Å². The van der Waals surface area contributed by atoms with Crippen molar-refractivity contribution in [3.63, 3.8) is 0 Å². The Hall–Kier alpha value is 0.310. The Kier molecular flexibility index (Phi) is 10.4. The normalized spacial score (nSPS) is 13.2. The van der Waals surface area contributed by atoms with Crippen LogP contribution in [-0.4, -0.2) is 51.7 Å². The minimum atomic E-state index is -1.03. The summed E-state index contributed by atoms with van der Waals surface area (Å²) in [5.74, 6) is 0.441. The molecule has 158 valence electrons. The van der Waals surface area contributed by atoms with Crippen LogP contribution in [0, 0.1) is 14.3 Å². The first-order valence-electron chi connectivity index (χ1n) is 8.21. The van der Waals surface area contributed by atoms with E-state index in [0.717, 1.165) is 12.7 Å². The zero-order valence-electron chi connectivity index (χ0n) is 14.7. The molecule has 0 aromatic heterocycles. The number of hydrogen-bond acceptors (Lipinski definition) is 6. The van der Waals surface area contributed by atoms with Gasteiger partial charge >= 0.3 is 5.97 Å². The second-order valence-electron chi connectivity index (χ2n) is 6.07. The highest BCUT2D eigenvalue weighted by Gasteiger charge is 2.20. The largest absolute Gasteiger partial charge is 0.506 e. The SMILES string of the molecule is O=C(O)C(Cc1cc(I)c(Oc2cc(I)c(O)c(I)c2)c(I)c1)NCC(O)CO. The molecule has 0 aliphatic rings. The molecule has 0 radical (unpaired) electrons. The van der Waals surface area contributed by atoms with Crippen molar-refractivity contribution in [1.29, 1.82) is 0 Å². The molecule has 7 nitrogen and oxygen atoms in total. The second kappa shape index (κ2) is 11.8. The number of halogens is 4. The fraction of sp³-hybridized carbons (Fsp3) is 0.278. The highest BCUT2D eigenvalue weighted by Crippen LogP contribution is 2.36. The number of phenols is 1. The summed E-state index contributed by atoms with van der Waals surface area (Å²) < 4.78 is 9.05. The molecule has 0 amide bonds. The van der Waals surface area contributed by atoms with Gasteiger partial charge < -0.3 is 30.5 Å². The molecular formula is C18H17I4NO6. The smallest absolute Gasteiger partial charge is 0.321 e. The van der Waals surface area contributed by atoms with E-state index in [0.29, 0.717) is 18.6 Å². The van der Waals surface area contributed by atoms with Crippen LogP contribution in [-0.2, 0) is 11.2 Å². The van der Waals surface area contributed by atoms with Gasteiger partial charge in [-0.25, -0.2) is 0 Å². The number of aliphatic carboxylic acids is 1. The highest BCUT2D eigenvalue weighted by molar-refractivity contribution is 14.1. The number of aliphatic hydroxyl groups excluding tert-OH is 2. The number of carboxylic acids is 1. The van der Waals surface area contributed by atoms with Gasteiger partial charge in [-0.3, -0.25) is 4.79 Å². The molecule has 29 heavy (non-hydrogen) atoms. The number of rotatable bonds is 9. The molecule has 0 spiro atoms. The standard InChI is InChI=1S/C18H17I4NO6/c19-11-4-10(5-12(20)16(11)26)29-17-13(21)1-8(2-14(17)22)3-15(18(27)28)23-6-9(25)7-24/h1-2,4-5,9,15,23-26H,3,6-7H2,(H,27,28). The molecular weight excluding hydrogens is 834 g/mol. The van der Waals surface area contributed by atoms with Gasteiger partial charge in [-0.05, 0) is 127 Å². The number of phenolic OH excluding ortho intramolecular Hbond substituents is 1. The Bertz CT molecular complexity index is 849. The molecule has 2 rings (SSSR count). The lowest BCUT2D eigenvalue weighted by atomic mass is 10.1. The van der Waals surface area contributed by atoms with Gasteiger partial charge in [0, 0.05) is 6.54 Å². The zero-order valence-corrected chi connectivity index (χ0v) is 23.3. The van der Waals surface area contributed by atoms with Crippen LogP contribution in [0.4, 0.5) is 0 Å². The third-order valence-corrected chi connectivity index (χ3v) is 7.06. The summed E-state index contributed by atoms with van der Waals surface area (Å²) in [7, 11) is 0. The van der Waals surface area contributed by atoms with Crippen molar-refractivity contribution in [3.8, 4) is 17.2 Å². The molecule has 0 saturated carbocycles. The molecule has 5 N–H and O–H groups in total. The molecule has 0 fully saturated rings. The molecule has 0 bridgehead atoms. The maximum absolute atomic E-state index is 11.5. The van der Waals surface area contributed by atoms with E-state index in [-0.39, 0.29) is 18.7 Å². The first-order chi connectivity index (χ1) is 13.6. The van der Waals surface area contributed by atoms with Crippen molar-refractivity contribution in [2.24, 2.45) is 0 Å². The predicted molar refractivity (Wildman–Crippen MR) is 142 cm³/mol. The molecule has 2 aromatic rings. The minimum Gasteiger partial charge on any atom is -0.506 e. The Labute approximate surface area is 222 Å². The Morgan fingerprint density at radius 1 is 1.03 bits per heavy atom. The van der Waals surface area contributed by atoms with Gasteiger partial charge in [-0.15, -0.1) is 0 Å². The number of aliphatic hydroxyl groups is 2. The Morgan fingerprint density at radius 2 is 1.59 bits per heavy atom. The van der Waals surface area contributed by atoms with Gasteiger partial charge in [0.1, 0.15) is 17.5 Å². The van der Waals surface area contributed by atoms with Crippen LogP contribution in [0.2, 0.25) is 0 Å². The quantitative estimate of drug-likeness (QED) is 0.245. The summed E-state index contributed by atoms with van der Waals surface area (Å²) in [6.45, 7) is -0.447. The molecule has 11 heteroatoms. The number of carbonyl (C=O) groups is 1. The summed E-state index contributed by atoms with van der Waals surface area (Å²) in [5.41, 5.74) is 0.805. The van der Waals surface area contributed by atoms with Crippen molar-refractivity contribution in [3.05, 3.63) is 44.1 Å². The van der Waals surface area contributed by atoms with Gasteiger partial charge in [0.15, 0.2) is 5.75 Å². The number of hydrogen-bond donors (Lipinski definition) is 5. The third-order valence-electron chi connectivity index (χ3n) is 3.82. The van der Waals surface area contributed by atoms with Crippen molar-refractivity contribution < 1.29 is 30.0 Å². The molecule has 0 heterocycles. The van der Waals surface area contributed by atoms with E-state index >= 15 is 0 Å². The summed E-state index contributed by atoms with van der Waals surface area (Å²) in [4.78, 5) is 11.5. The minimum absolute atomic E-state index is 0.0129. The fourth-order valence-corrected chi connectivity index (χ4v) is 6.20. The maximum Gasteiger partial charge on any atom is 0.321 e. The summed E-state index contributed by atoms with van der Waals surface area (Å²) in [6, 6.07) is 6.31. The van der Waals surface area contributed by atoms with Crippen LogP contribution < -0.4 is 10.1 Å². The monoisotopic (exact) mass is 851 g/mol. The van der Waals surface area contributed by atoms with Crippen molar-refractivity contribution in [2.45, 2.75) is 18.6 Å².